The molecule has 2 nitrogen and oxygen atoms in total. The van der Waals surface area contributed by atoms with E-state index in [1.165, 1.54) is 5.56 Å². The Bertz CT molecular complexity index is 417. The van der Waals surface area contributed by atoms with Crippen molar-refractivity contribution in [1.29, 1.82) is 0 Å². The van der Waals surface area contributed by atoms with Gasteiger partial charge < -0.3 is 5.32 Å². The lowest BCUT2D eigenvalue weighted by atomic mass is 10.2. The summed E-state index contributed by atoms with van der Waals surface area (Å²) < 4.78 is 0. The molecule has 0 aliphatic rings. The number of thiazole rings is 1. The molecule has 1 N–H and O–H groups in total. The molecule has 1 heterocycles. The average Bonchev–Trinajstić information content (AvgIpc) is 2.65. The predicted molar refractivity (Wildman–Crippen MR) is 61.8 cm³/mol. The lowest BCUT2D eigenvalue weighted by molar-refractivity contribution is 1.27. The van der Waals surface area contributed by atoms with Crippen LogP contribution in [-0.4, -0.2) is 12.0 Å². The predicted octanol–water partition coefficient (Wildman–Crippen LogP) is 3.16. The molecule has 0 aliphatic carbocycles. The van der Waals surface area contributed by atoms with Gasteiger partial charge in [-0.3, -0.25) is 0 Å². The van der Waals surface area contributed by atoms with Crippen molar-refractivity contribution in [3.63, 3.8) is 0 Å². The van der Waals surface area contributed by atoms with Gasteiger partial charge in [-0.15, -0.1) is 11.3 Å². The summed E-state index contributed by atoms with van der Waals surface area (Å²) in [4.78, 5) is 4.43. The molecule has 1 aromatic heterocycles. The van der Waals surface area contributed by atoms with Crippen LogP contribution in [0.25, 0.3) is 10.6 Å². The van der Waals surface area contributed by atoms with Crippen molar-refractivity contribution in [1.82, 2.24) is 4.98 Å². The van der Waals surface area contributed by atoms with Gasteiger partial charge in [-0.05, 0) is 31.2 Å². The Morgan fingerprint density at radius 1 is 1.21 bits per heavy atom. The lowest BCUT2D eigenvalue weighted by Crippen LogP contribution is -1.86. The Hall–Kier alpha value is -1.35. The maximum Gasteiger partial charge on any atom is 0.123 e. The number of rotatable bonds is 2. The molecule has 0 spiro atoms. The normalized spacial score (nSPS) is 10.1. The summed E-state index contributed by atoms with van der Waals surface area (Å²) in [5.74, 6) is 0. The molecule has 0 unspecified atom stereocenters. The summed E-state index contributed by atoms with van der Waals surface area (Å²) in [7, 11) is 1.92. The number of hydrogen-bond acceptors (Lipinski definition) is 3. The average molecular weight is 204 g/mol. The molecule has 3 heteroatoms. The number of hydrogen-bond donors (Lipinski definition) is 1. The van der Waals surface area contributed by atoms with Crippen LogP contribution in [0.15, 0.2) is 29.6 Å². The van der Waals surface area contributed by atoms with Gasteiger partial charge in [-0.2, -0.15) is 0 Å². The smallest absolute Gasteiger partial charge is 0.123 e. The molecular weight excluding hydrogens is 192 g/mol. The quantitative estimate of drug-likeness (QED) is 0.812. The molecule has 0 saturated heterocycles. The first-order valence-corrected chi connectivity index (χ1v) is 5.38. The first-order chi connectivity index (χ1) is 6.79. The molecule has 2 aromatic rings. The van der Waals surface area contributed by atoms with E-state index in [0.717, 1.165) is 16.4 Å². The second-order valence-electron chi connectivity index (χ2n) is 3.12. The minimum atomic E-state index is 1.09. The maximum atomic E-state index is 4.43. The molecular formula is C11H12N2S. The summed E-state index contributed by atoms with van der Waals surface area (Å²) in [6.45, 7) is 2.02. The highest BCUT2D eigenvalue weighted by Crippen LogP contribution is 2.24. The zero-order valence-corrected chi connectivity index (χ0v) is 9.06. The maximum absolute atomic E-state index is 4.43. The van der Waals surface area contributed by atoms with Gasteiger partial charge in [0.05, 0.1) is 0 Å². The minimum absolute atomic E-state index is 1.09. The van der Waals surface area contributed by atoms with Crippen LogP contribution in [-0.2, 0) is 0 Å². The van der Waals surface area contributed by atoms with Crippen molar-refractivity contribution in [2.24, 2.45) is 0 Å². The van der Waals surface area contributed by atoms with E-state index in [9.17, 15) is 0 Å². The summed E-state index contributed by atoms with van der Waals surface area (Å²) in [6, 6.07) is 8.30. The van der Waals surface area contributed by atoms with Gasteiger partial charge in [0.1, 0.15) is 5.01 Å². The molecule has 1 aromatic carbocycles. The Balaban J connectivity index is 2.33. The van der Waals surface area contributed by atoms with E-state index in [0.29, 0.717) is 0 Å². The first kappa shape index (κ1) is 9.21. The zero-order chi connectivity index (χ0) is 9.97. The first-order valence-electron chi connectivity index (χ1n) is 4.50. The van der Waals surface area contributed by atoms with Gasteiger partial charge in [0, 0.05) is 29.4 Å². The molecule has 0 bridgehead atoms. The highest BCUT2D eigenvalue weighted by Gasteiger charge is 2.01. The Labute approximate surface area is 87.6 Å². The SMILES string of the molecule is CNc1ccc(-c2nc(C)cs2)cc1. The van der Waals surface area contributed by atoms with E-state index in [1.54, 1.807) is 11.3 Å². The monoisotopic (exact) mass is 204 g/mol. The van der Waals surface area contributed by atoms with Crippen LogP contribution in [0.2, 0.25) is 0 Å². The molecule has 0 amide bonds. The van der Waals surface area contributed by atoms with Crippen LogP contribution in [0.1, 0.15) is 5.69 Å². The van der Waals surface area contributed by atoms with Gasteiger partial charge in [-0.25, -0.2) is 4.98 Å². The Morgan fingerprint density at radius 2 is 1.93 bits per heavy atom. The Morgan fingerprint density at radius 3 is 2.43 bits per heavy atom. The van der Waals surface area contributed by atoms with E-state index < -0.39 is 0 Å². The highest BCUT2D eigenvalue weighted by molar-refractivity contribution is 7.13. The van der Waals surface area contributed by atoms with E-state index in [2.05, 4.69) is 39.9 Å². The van der Waals surface area contributed by atoms with Crippen molar-refractivity contribution >= 4 is 17.0 Å². The second-order valence-corrected chi connectivity index (χ2v) is 3.98. The van der Waals surface area contributed by atoms with E-state index in [1.807, 2.05) is 14.0 Å². The number of aryl methyl sites for hydroxylation is 1. The largest absolute Gasteiger partial charge is 0.388 e. The highest BCUT2D eigenvalue weighted by atomic mass is 32.1. The molecule has 2 rings (SSSR count). The van der Waals surface area contributed by atoms with Crippen LogP contribution in [0, 0.1) is 6.92 Å². The molecule has 0 saturated carbocycles. The topological polar surface area (TPSA) is 24.9 Å². The molecule has 0 atom stereocenters. The molecule has 72 valence electrons. The fourth-order valence-corrected chi connectivity index (χ4v) is 2.07. The van der Waals surface area contributed by atoms with Crippen molar-refractivity contribution in [2.75, 3.05) is 12.4 Å². The molecule has 0 aliphatic heterocycles. The fourth-order valence-electron chi connectivity index (χ4n) is 1.27. The number of nitrogens with one attached hydrogen (secondary N) is 1. The zero-order valence-electron chi connectivity index (χ0n) is 8.24. The standard InChI is InChI=1S/C11H12N2S/c1-8-7-14-11(13-8)9-3-5-10(12-2)6-4-9/h3-7,12H,1-2H3. The minimum Gasteiger partial charge on any atom is -0.388 e. The van der Waals surface area contributed by atoms with Gasteiger partial charge >= 0.3 is 0 Å². The van der Waals surface area contributed by atoms with Crippen LogP contribution in [0.5, 0.6) is 0 Å². The van der Waals surface area contributed by atoms with E-state index in [-0.39, 0.29) is 0 Å². The fraction of sp³-hybridized carbons (Fsp3) is 0.182. The van der Waals surface area contributed by atoms with E-state index in [4.69, 9.17) is 0 Å². The molecule has 0 radical (unpaired) electrons. The third kappa shape index (κ3) is 1.77. The third-order valence-electron chi connectivity index (χ3n) is 2.04. The Kier molecular flexibility index (Phi) is 2.50. The lowest BCUT2D eigenvalue weighted by Gasteiger charge is -2.00. The van der Waals surface area contributed by atoms with Crippen LogP contribution < -0.4 is 5.32 Å². The molecule has 0 fully saturated rings. The molecule has 14 heavy (non-hydrogen) atoms. The van der Waals surface area contributed by atoms with E-state index >= 15 is 0 Å². The van der Waals surface area contributed by atoms with Crippen LogP contribution in [0.4, 0.5) is 5.69 Å². The summed E-state index contributed by atoms with van der Waals surface area (Å²) >= 11 is 1.68. The van der Waals surface area contributed by atoms with Crippen molar-refractivity contribution < 1.29 is 0 Å². The van der Waals surface area contributed by atoms with Gasteiger partial charge in [-0.1, -0.05) is 0 Å². The van der Waals surface area contributed by atoms with Crippen molar-refractivity contribution in [3.8, 4) is 10.6 Å². The summed E-state index contributed by atoms with van der Waals surface area (Å²) in [5.41, 5.74) is 3.40. The van der Waals surface area contributed by atoms with Crippen LogP contribution in [0.3, 0.4) is 0 Å². The van der Waals surface area contributed by atoms with Crippen molar-refractivity contribution in [2.45, 2.75) is 6.92 Å². The second kappa shape index (κ2) is 3.80. The van der Waals surface area contributed by atoms with Gasteiger partial charge in [0.25, 0.3) is 0 Å². The number of nitrogens with zero attached hydrogens (tertiary/aromatic N) is 1. The van der Waals surface area contributed by atoms with Crippen molar-refractivity contribution in [3.05, 3.63) is 35.3 Å². The van der Waals surface area contributed by atoms with Crippen LogP contribution >= 0.6 is 11.3 Å². The third-order valence-corrected chi connectivity index (χ3v) is 3.05. The summed E-state index contributed by atoms with van der Waals surface area (Å²) in [6.07, 6.45) is 0. The van der Waals surface area contributed by atoms with Gasteiger partial charge in [0.2, 0.25) is 0 Å². The summed E-state index contributed by atoms with van der Waals surface area (Å²) in [5, 5.41) is 6.25. The number of anilines is 1. The van der Waals surface area contributed by atoms with Gasteiger partial charge in [0.15, 0.2) is 0 Å². The number of benzene rings is 1. The number of aromatic nitrogens is 1.